The van der Waals surface area contributed by atoms with Crippen LogP contribution in [0.25, 0.3) is 0 Å². The first-order chi connectivity index (χ1) is 7.31. The second kappa shape index (κ2) is 6.44. The second-order valence-electron chi connectivity index (χ2n) is 3.98. The normalized spacial score (nSPS) is 18.5. The molecule has 94 valence electrons. The first kappa shape index (κ1) is 14.9. The molecule has 0 amide bonds. The molecule has 0 rings (SSSR count). The van der Waals surface area contributed by atoms with E-state index < -0.39 is 30.1 Å². The predicted molar refractivity (Wildman–Crippen MR) is 54.8 cm³/mol. The molecule has 1 unspecified atom stereocenters. The van der Waals surface area contributed by atoms with Gasteiger partial charge in [0.1, 0.15) is 0 Å². The van der Waals surface area contributed by atoms with Crippen LogP contribution in [0.2, 0.25) is 0 Å². The van der Waals surface area contributed by atoms with E-state index in [-0.39, 0.29) is 12.3 Å². The Hall–Kier alpha value is -1.14. The molecular formula is C10H18O6. The number of aliphatic carboxylic acids is 2. The summed E-state index contributed by atoms with van der Waals surface area (Å²) in [5.41, 5.74) is 0. The number of carboxylic acid groups (broad SMARTS) is 2. The van der Waals surface area contributed by atoms with E-state index >= 15 is 0 Å². The summed E-state index contributed by atoms with van der Waals surface area (Å²) in [6.45, 7) is 3.66. The number of aliphatic hydroxyl groups is 2. The van der Waals surface area contributed by atoms with E-state index in [4.69, 9.17) is 10.2 Å². The minimum absolute atomic E-state index is 0.0352. The Morgan fingerprint density at radius 1 is 1.06 bits per heavy atom. The van der Waals surface area contributed by atoms with Crippen LogP contribution in [0, 0.1) is 11.8 Å². The summed E-state index contributed by atoms with van der Waals surface area (Å²) in [5.74, 6) is -4.19. The molecule has 0 aliphatic heterocycles. The lowest BCUT2D eigenvalue weighted by molar-refractivity contribution is -0.161. The molecule has 0 spiro atoms. The molecule has 6 heteroatoms. The Morgan fingerprint density at radius 2 is 1.44 bits per heavy atom. The van der Waals surface area contributed by atoms with Gasteiger partial charge in [-0.2, -0.15) is 0 Å². The summed E-state index contributed by atoms with van der Waals surface area (Å²) in [5, 5.41) is 35.9. The molecular weight excluding hydrogens is 216 g/mol. The highest BCUT2D eigenvalue weighted by molar-refractivity contribution is 5.76. The van der Waals surface area contributed by atoms with Crippen LogP contribution in [0.5, 0.6) is 0 Å². The van der Waals surface area contributed by atoms with Gasteiger partial charge >= 0.3 is 11.9 Å². The third kappa shape index (κ3) is 4.16. The molecule has 0 saturated carbocycles. The van der Waals surface area contributed by atoms with Gasteiger partial charge in [0.15, 0.2) is 12.2 Å². The van der Waals surface area contributed by atoms with Crippen molar-refractivity contribution < 1.29 is 30.0 Å². The summed E-state index contributed by atoms with van der Waals surface area (Å²) in [4.78, 5) is 21.2. The predicted octanol–water partition coefficient (Wildman–Crippen LogP) is -0.0702. The van der Waals surface area contributed by atoms with Crippen molar-refractivity contribution in [1.29, 1.82) is 0 Å². The first-order valence-corrected chi connectivity index (χ1v) is 5.13. The second-order valence-corrected chi connectivity index (χ2v) is 3.98. The monoisotopic (exact) mass is 234 g/mol. The Kier molecular flexibility index (Phi) is 5.98. The molecule has 4 N–H and O–H groups in total. The number of carboxylic acids is 2. The summed E-state index contributed by atoms with van der Waals surface area (Å²) >= 11 is 0. The van der Waals surface area contributed by atoms with Crippen LogP contribution < -0.4 is 0 Å². The van der Waals surface area contributed by atoms with E-state index in [2.05, 4.69) is 0 Å². The van der Waals surface area contributed by atoms with Gasteiger partial charge in [-0.25, -0.2) is 9.59 Å². The van der Waals surface area contributed by atoms with Crippen molar-refractivity contribution in [1.82, 2.24) is 0 Å². The zero-order valence-corrected chi connectivity index (χ0v) is 9.33. The molecule has 0 saturated heterocycles. The van der Waals surface area contributed by atoms with Gasteiger partial charge < -0.3 is 20.4 Å². The van der Waals surface area contributed by atoms with Gasteiger partial charge in [-0.15, -0.1) is 0 Å². The van der Waals surface area contributed by atoms with Crippen LogP contribution in [0.1, 0.15) is 26.7 Å². The molecule has 0 radical (unpaired) electrons. The fourth-order valence-electron chi connectivity index (χ4n) is 1.43. The minimum Gasteiger partial charge on any atom is -0.479 e. The molecule has 0 aromatic carbocycles. The molecule has 0 aromatic rings. The molecule has 4 atom stereocenters. The quantitative estimate of drug-likeness (QED) is 0.490. The third-order valence-corrected chi connectivity index (χ3v) is 2.69. The van der Waals surface area contributed by atoms with Crippen molar-refractivity contribution in [3.05, 3.63) is 0 Å². The summed E-state index contributed by atoms with van der Waals surface area (Å²) in [6.07, 6.45) is -2.85. The average Bonchev–Trinajstić information content (AvgIpc) is 2.23. The molecule has 16 heavy (non-hydrogen) atoms. The highest BCUT2D eigenvalue weighted by atomic mass is 16.4. The molecule has 0 bridgehead atoms. The topological polar surface area (TPSA) is 115 Å². The van der Waals surface area contributed by atoms with Crippen LogP contribution in [0.4, 0.5) is 0 Å². The van der Waals surface area contributed by atoms with Crippen LogP contribution in [-0.2, 0) is 9.59 Å². The Balaban J connectivity index is 4.75. The summed E-state index contributed by atoms with van der Waals surface area (Å²) < 4.78 is 0. The molecule has 0 aromatic heterocycles. The molecule has 0 aliphatic carbocycles. The fourth-order valence-corrected chi connectivity index (χ4v) is 1.43. The number of rotatable bonds is 7. The number of hydrogen-bond acceptors (Lipinski definition) is 4. The number of carbonyl (C=O) groups is 2. The van der Waals surface area contributed by atoms with Crippen molar-refractivity contribution in [3.63, 3.8) is 0 Å². The largest absolute Gasteiger partial charge is 0.479 e. The zero-order chi connectivity index (χ0) is 12.9. The van der Waals surface area contributed by atoms with Gasteiger partial charge in [-0.05, 0) is 12.3 Å². The van der Waals surface area contributed by atoms with E-state index in [1.54, 1.807) is 6.92 Å². The van der Waals surface area contributed by atoms with E-state index in [0.717, 1.165) is 6.42 Å². The van der Waals surface area contributed by atoms with Gasteiger partial charge in [0.2, 0.25) is 0 Å². The maximum atomic E-state index is 10.6. The third-order valence-electron chi connectivity index (χ3n) is 2.69. The van der Waals surface area contributed by atoms with Crippen molar-refractivity contribution in [2.75, 3.05) is 0 Å². The van der Waals surface area contributed by atoms with E-state index in [0.29, 0.717) is 0 Å². The maximum absolute atomic E-state index is 10.6. The van der Waals surface area contributed by atoms with Crippen LogP contribution in [0.3, 0.4) is 0 Å². The Morgan fingerprint density at radius 3 is 1.69 bits per heavy atom. The molecule has 0 heterocycles. The highest BCUT2D eigenvalue weighted by Crippen LogP contribution is 2.22. The maximum Gasteiger partial charge on any atom is 0.332 e. The van der Waals surface area contributed by atoms with E-state index in [1.807, 2.05) is 6.92 Å². The average molecular weight is 234 g/mol. The van der Waals surface area contributed by atoms with Gasteiger partial charge in [0.25, 0.3) is 0 Å². The zero-order valence-electron chi connectivity index (χ0n) is 9.33. The lowest BCUT2D eigenvalue weighted by Gasteiger charge is -2.25. The fraction of sp³-hybridized carbons (Fsp3) is 0.800. The Bertz CT molecular complexity index is 232. The highest BCUT2D eigenvalue weighted by Gasteiger charge is 2.36. The number of hydrogen-bond donors (Lipinski definition) is 4. The summed E-state index contributed by atoms with van der Waals surface area (Å²) in [7, 11) is 0. The first-order valence-electron chi connectivity index (χ1n) is 5.13. The smallest absolute Gasteiger partial charge is 0.332 e. The molecule has 0 aliphatic rings. The van der Waals surface area contributed by atoms with Crippen LogP contribution >= 0.6 is 0 Å². The van der Waals surface area contributed by atoms with Crippen molar-refractivity contribution >= 4 is 11.9 Å². The lowest BCUT2D eigenvalue weighted by atomic mass is 9.85. The van der Waals surface area contributed by atoms with Gasteiger partial charge in [0.05, 0.1) is 0 Å². The van der Waals surface area contributed by atoms with Gasteiger partial charge in [-0.3, -0.25) is 0 Å². The molecule has 6 nitrogen and oxygen atoms in total. The molecule has 0 fully saturated rings. The van der Waals surface area contributed by atoms with Crippen molar-refractivity contribution in [3.8, 4) is 0 Å². The summed E-state index contributed by atoms with van der Waals surface area (Å²) in [6, 6.07) is 0. The standard InChI is InChI=1S/C10H18O6/c1-3-5(2)4-6(7(11)9(13)14)8(12)10(15)16/h5-8,11-12H,3-4H2,1-2H3,(H,13,14)(H,15,16)/t5-,6?,7-,8+/m1/s1. The van der Waals surface area contributed by atoms with E-state index in [9.17, 15) is 19.8 Å². The van der Waals surface area contributed by atoms with Crippen LogP contribution in [-0.4, -0.2) is 44.6 Å². The lowest BCUT2D eigenvalue weighted by Crippen LogP contribution is -2.42. The van der Waals surface area contributed by atoms with Crippen molar-refractivity contribution in [2.45, 2.75) is 38.9 Å². The van der Waals surface area contributed by atoms with Crippen molar-refractivity contribution in [2.24, 2.45) is 11.8 Å². The SMILES string of the molecule is CC[C@@H](C)CC([C@H](O)C(=O)O)[C@@H](O)C(=O)O. The minimum atomic E-state index is -1.86. The van der Waals surface area contributed by atoms with Gasteiger partial charge in [-0.1, -0.05) is 20.3 Å². The van der Waals surface area contributed by atoms with Gasteiger partial charge in [0, 0.05) is 5.92 Å². The number of aliphatic hydroxyl groups excluding tert-OH is 2. The van der Waals surface area contributed by atoms with Crippen LogP contribution in [0.15, 0.2) is 0 Å². The van der Waals surface area contributed by atoms with E-state index in [1.165, 1.54) is 0 Å². The Labute approximate surface area is 93.5 Å².